The smallest absolute Gasteiger partial charge is 0.123 e. The summed E-state index contributed by atoms with van der Waals surface area (Å²) in [6.45, 7) is 0.915. The molecule has 2 aromatic heterocycles. The fourth-order valence-corrected chi connectivity index (χ4v) is 3.81. The zero-order chi connectivity index (χ0) is 14.2. The minimum atomic E-state index is 0.695. The molecular weight excluding hydrogens is 278 g/mol. The number of thiazole rings is 1. The first-order valence-electron chi connectivity index (χ1n) is 7.34. The van der Waals surface area contributed by atoms with Gasteiger partial charge in [-0.25, -0.2) is 4.98 Å². The molecule has 21 heavy (non-hydrogen) atoms. The molecule has 106 valence electrons. The van der Waals surface area contributed by atoms with Gasteiger partial charge in [0.15, 0.2) is 0 Å². The van der Waals surface area contributed by atoms with E-state index in [0.29, 0.717) is 5.92 Å². The molecule has 1 aromatic carbocycles. The van der Waals surface area contributed by atoms with Crippen LogP contribution in [0, 0.1) is 0 Å². The lowest BCUT2D eigenvalue weighted by Crippen LogP contribution is -2.05. The van der Waals surface area contributed by atoms with Crippen molar-refractivity contribution >= 4 is 22.2 Å². The van der Waals surface area contributed by atoms with Gasteiger partial charge in [0.1, 0.15) is 5.01 Å². The standard InChI is InChI=1S/C17H17N3S/c1-18-10-15-16(11-4-5-11)20-17(21-15)13-6-7-14-12(9-13)3-2-8-19-14/h2-3,6-9,11,18H,4-5,10H2,1H3. The maximum absolute atomic E-state index is 4.93. The van der Waals surface area contributed by atoms with E-state index in [1.54, 1.807) is 0 Å². The average Bonchev–Trinajstić information content (AvgIpc) is 3.28. The molecule has 0 atom stereocenters. The van der Waals surface area contributed by atoms with Gasteiger partial charge in [-0.2, -0.15) is 0 Å². The Kier molecular flexibility index (Phi) is 3.20. The maximum atomic E-state index is 4.93. The van der Waals surface area contributed by atoms with Crippen LogP contribution in [0.4, 0.5) is 0 Å². The van der Waals surface area contributed by atoms with Crippen LogP contribution in [0.5, 0.6) is 0 Å². The van der Waals surface area contributed by atoms with Crippen molar-refractivity contribution < 1.29 is 0 Å². The molecule has 0 bridgehead atoms. The molecule has 4 rings (SSSR count). The Hall–Kier alpha value is -1.78. The topological polar surface area (TPSA) is 37.8 Å². The normalized spacial score (nSPS) is 14.7. The first-order valence-corrected chi connectivity index (χ1v) is 8.16. The third-order valence-corrected chi connectivity index (χ3v) is 5.00. The molecule has 0 radical (unpaired) electrons. The SMILES string of the molecule is CNCc1sc(-c2ccc3ncccc3c2)nc1C1CC1. The van der Waals surface area contributed by atoms with E-state index in [4.69, 9.17) is 4.98 Å². The lowest BCUT2D eigenvalue weighted by molar-refractivity contribution is 0.813. The lowest BCUT2D eigenvalue weighted by Gasteiger charge is -1.99. The molecule has 1 N–H and O–H groups in total. The molecular formula is C17H17N3S. The second kappa shape index (κ2) is 5.20. The minimum Gasteiger partial charge on any atom is -0.315 e. The van der Waals surface area contributed by atoms with E-state index in [-0.39, 0.29) is 0 Å². The largest absolute Gasteiger partial charge is 0.315 e. The van der Waals surface area contributed by atoms with Crippen LogP contribution in [0.1, 0.15) is 29.3 Å². The number of nitrogens with one attached hydrogen (secondary N) is 1. The quantitative estimate of drug-likeness (QED) is 0.792. The third kappa shape index (κ3) is 2.45. The van der Waals surface area contributed by atoms with Gasteiger partial charge in [-0.3, -0.25) is 4.98 Å². The minimum absolute atomic E-state index is 0.695. The Labute approximate surface area is 128 Å². The summed E-state index contributed by atoms with van der Waals surface area (Å²) >= 11 is 1.82. The Morgan fingerprint density at radius 3 is 3.00 bits per heavy atom. The molecule has 0 saturated heterocycles. The summed E-state index contributed by atoms with van der Waals surface area (Å²) in [7, 11) is 2.00. The highest BCUT2D eigenvalue weighted by atomic mass is 32.1. The van der Waals surface area contributed by atoms with Crippen LogP contribution in [-0.4, -0.2) is 17.0 Å². The monoisotopic (exact) mass is 295 g/mol. The summed E-state index contributed by atoms with van der Waals surface area (Å²) < 4.78 is 0. The van der Waals surface area contributed by atoms with Crippen molar-refractivity contribution in [2.24, 2.45) is 0 Å². The molecule has 0 aliphatic heterocycles. The number of rotatable bonds is 4. The van der Waals surface area contributed by atoms with Crippen LogP contribution >= 0.6 is 11.3 Å². The van der Waals surface area contributed by atoms with E-state index in [1.807, 2.05) is 30.6 Å². The molecule has 0 amide bonds. The number of hydrogen-bond donors (Lipinski definition) is 1. The summed E-state index contributed by atoms with van der Waals surface area (Å²) in [6, 6.07) is 10.5. The predicted molar refractivity (Wildman–Crippen MR) is 87.6 cm³/mol. The van der Waals surface area contributed by atoms with Crippen molar-refractivity contribution in [2.45, 2.75) is 25.3 Å². The number of aromatic nitrogens is 2. The van der Waals surface area contributed by atoms with Gasteiger partial charge >= 0.3 is 0 Å². The highest BCUT2D eigenvalue weighted by Gasteiger charge is 2.29. The highest BCUT2D eigenvalue weighted by molar-refractivity contribution is 7.15. The molecule has 1 saturated carbocycles. The van der Waals surface area contributed by atoms with Crippen molar-refractivity contribution in [1.82, 2.24) is 15.3 Å². The summed E-state index contributed by atoms with van der Waals surface area (Å²) in [5.41, 5.74) is 3.55. The van der Waals surface area contributed by atoms with Gasteiger partial charge < -0.3 is 5.32 Å². The van der Waals surface area contributed by atoms with Gasteiger partial charge in [0.2, 0.25) is 0 Å². The van der Waals surface area contributed by atoms with E-state index in [2.05, 4.69) is 34.6 Å². The van der Waals surface area contributed by atoms with Crippen LogP contribution < -0.4 is 5.32 Å². The molecule has 1 fully saturated rings. The van der Waals surface area contributed by atoms with E-state index in [1.165, 1.54) is 34.4 Å². The number of hydrogen-bond acceptors (Lipinski definition) is 4. The fraction of sp³-hybridized carbons (Fsp3) is 0.294. The average molecular weight is 295 g/mol. The zero-order valence-corrected chi connectivity index (χ0v) is 12.8. The van der Waals surface area contributed by atoms with Gasteiger partial charge in [-0.1, -0.05) is 6.07 Å². The van der Waals surface area contributed by atoms with E-state index >= 15 is 0 Å². The third-order valence-electron chi connectivity index (χ3n) is 3.88. The molecule has 4 heteroatoms. The number of pyridine rings is 1. The summed E-state index contributed by atoms with van der Waals surface area (Å²) in [5.74, 6) is 0.695. The van der Waals surface area contributed by atoms with Crippen LogP contribution in [0.15, 0.2) is 36.5 Å². The summed E-state index contributed by atoms with van der Waals surface area (Å²) in [6.07, 6.45) is 4.42. The summed E-state index contributed by atoms with van der Waals surface area (Å²) in [4.78, 5) is 10.7. The van der Waals surface area contributed by atoms with Gasteiger partial charge in [-0.15, -0.1) is 11.3 Å². The van der Waals surface area contributed by atoms with Gasteiger partial charge in [-0.05, 0) is 44.2 Å². The molecule has 3 aromatic rings. The van der Waals surface area contributed by atoms with Crippen molar-refractivity contribution in [2.75, 3.05) is 7.05 Å². The Morgan fingerprint density at radius 1 is 1.29 bits per heavy atom. The lowest BCUT2D eigenvalue weighted by atomic mass is 10.1. The number of benzene rings is 1. The zero-order valence-electron chi connectivity index (χ0n) is 12.0. The van der Waals surface area contributed by atoms with E-state index < -0.39 is 0 Å². The van der Waals surface area contributed by atoms with Crippen molar-refractivity contribution in [3.05, 3.63) is 47.1 Å². The molecule has 3 nitrogen and oxygen atoms in total. The molecule has 0 spiro atoms. The Morgan fingerprint density at radius 2 is 2.19 bits per heavy atom. The Balaban J connectivity index is 1.78. The van der Waals surface area contributed by atoms with E-state index in [9.17, 15) is 0 Å². The molecule has 1 aliphatic carbocycles. The second-order valence-electron chi connectivity index (χ2n) is 5.54. The van der Waals surface area contributed by atoms with Crippen molar-refractivity contribution in [3.63, 3.8) is 0 Å². The molecule has 0 unspecified atom stereocenters. The van der Waals surface area contributed by atoms with Crippen LogP contribution in [0.2, 0.25) is 0 Å². The highest BCUT2D eigenvalue weighted by Crippen LogP contribution is 2.44. The molecule has 1 aliphatic rings. The van der Waals surface area contributed by atoms with Gasteiger partial charge in [0.05, 0.1) is 11.2 Å². The first-order chi connectivity index (χ1) is 10.3. The fourth-order valence-electron chi connectivity index (χ4n) is 2.66. The first kappa shape index (κ1) is 12.9. The predicted octanol–water partition coefficient (Wildman–Crippen LogP) is 3.96. The van der Waals surface area contributed by atoms with Crippen molar-refractivity contribution in [3.8, 4) is 10.6 Å². The maximum Gasteiger partial charge on any atom is 0.123 e. The molecule has 2 heterocycles. The van der Waals surface area contributed by atoms with Crippen LogP contribution in [0.3, 0.4) is 0 Å². The van der Waals surface area contributed by atoms with E-state index in [0.717, 1.165) is 17.1 Å². The number of nitrogens with zero attached hydrogens (tertiary/aromatic N) is 2. The van der Waals surface area contributed by atoms with Gasteiger partial charge in [0, 0.05) is 34.5 Å². The van der Waals surface area contributed by atoms with Crippen molar-refractivity contribution in [1.29, 1.82) is 0 Å². The second-order valence-corrected chi connectivity index (χ2v) is 6.63. The van der Waals surface area contributed by atoms with Gasteiger partial charge in [0.25, 0.3) is 0 Å². The number of fused-ring (bicyclic) bond motifs is 1. The Bertz CT molecular complexity index is 790. The van der Waals surface area contributed by atoms with Crippen LogP contribution in [-0.2, 0) is 6.54 Å². The summed E-state index contributed by atoms with van der Waals surface area (Å²) in [5, 5.41) is 5.57. The van der Waals surface area contributed by atoms with Crippen LogP contribution in [0.25, 0.3) is 21.5 Å².